The maximum Gasteiger partial charge on any atom is 0.411 e. The van der Waals surface area contributed by atoms with Gasteiger partial charge in [-0.1, -0.05) is 5.21 Å². The van der Waals surface area contributed by atoms with Crippen molar-refractivity contribution in [1.82, 2.24) is 25.0 Å². The molecule has 0 aliphatic rings. The van der Waals surface area contributed by atoms with Gasteiger partial charge in [0.05, 0.1) is 12.4 Å². The quantitative estimate of drug-likeness (QED) is 0.703. The summed E-state index contributed by atoms with van der Waals surface area (Å²) in [4.78, 5) is 18.6. The Morgan fingerprint density at radius 2 is 2.18 bits per heavy atom. The van der Waals surface area contributed by atoms with E-state index in [2.05, 4.69) is 20.3 Å². The Hall–Kier alpha value is -2.71. The number of aryl methyl sites for hydroxylation is 1. The van der Waals surface area contributed by atoms with E-state index in [-0.39, 0.29) is 17.4 Å². The van der Waals surface area contributed by atoms with E-state index in [0.29, 0.717) is 5.69 Å². The molecule has 0 aromatic carbocycles. The van der Waals surface area contributed by atoms with Gasteiger partial charge in [0.2, 0.25) is 0 Å². The number of carbonyl (C=O) groups is 1. The molecule has 9 nitrogen and oxygen atoms in total. The fourth-order valence-corrected chi connectivity index (χ4v) is 1.18. The highest BCUT2D eigenvalue weighted by molar-refractivity contribution is 5.71. The highest BCUT2D eigenvalue weighted by atomic mass is 16.6. The third kappa shape index (κ3) is 2.12. The van der Waals surface area contributed by atoms with E-state index in [0.717, 1.165) is 0 Å². The van der Waals surface area contributed by atoms with Crippen LogP contribution >= 0.6 is 0 Å². The average molecular weight is 235 g/mol. The number of rotatable bonds is 2. The maximum atomic E-state index is 10.7. The van der Waals surface area contributed by atoms with Crippen LogP contribution in [0.1, 0.15) is 0 Å². The van der Waals surface area contributed by atoms with Crippen LogP contribution in [0.25, 0.3) is 11.4 Å². The molecule has 0 radical (unpaired) electrons. The number of hydrogen-bond donors (Lipinski definition) is 2. The van der Waals surface area contributed by atoms with Gasteiger partial charge in [0.15, 0.2) is 5.69 Å². The Labute approximate surface area is 95.4 Å². The van der Waals surface area contributed by atoms with Gasteiger partial charge in [-0.2, -0.15) is 0 Å². The Balaban J connectivity index is 2.45. The highest BCUT2D eigenvalue weighted by Gasteiger charge is 2.17. The van der Waals surface area contributed by atoms with Gasteiger partial charge in [-0.15, -0.1) is 5.10 Å². The number of ether oxygens (including phenoxy) is 1. The fourth-order valence-electron chi connectivity index (χ4n) is 1.18. The molecule has 4 N–H and O–H groups in total. The predicted octanol–water partition coefficient (Wildman–Crippen LogP) is -0.688. The van der Waals surface area contributed by atoms with Gasteiger partial charge < -0.3 is 16.2 Å². The predicted molar refractivity (Wildman–Crippen MR) is 56.7 cm³/mol. The highest BCUT2D eigenvalue weighted by Crippen LogP contribution is 2.24. The lowest BCUT2D eigenvalue weighted by molar-refractivity contribution is 0.207. The molecule has 0 spiro atoms. The molecule has 2 rings (SSSR count). The molecule has 17 heavy (non-hydrogen) atoms. The van der Waals surface area contributed by atoms with Crippen LogP contribution < -0.4 is 16.2 Å². The van der Waals surface area contributed by atoms with Crippen LogP contribution in [0.5, 0.6) is 5.88 Å². The summed E-state index contributed by atoms with van der Waals surface area (Å²) in [7, 11) is 1.56. The molecule has 88 valence electrons. The molecule has 2 aromatic heterocycles. The van der Waals surface area contributed by atoms with Crippen molar-refractivity contribution in [1.29, 1.82) is 0 Å². The molecular weight excluding hydrogens is 226 g/mol. The van der Waals surface area contributed by atoms with E-state index in [1.807, 2.05) is 0 Å². The number of aromatic nitrogens is 5. The van der Waals surface area contributed by atoms with Crippen LogP contribution in [0.3, 0.4) is 0 Å². The zero-order chi connectivity index (χ0) is 12.4. The molecule has 0 fully saturated rings. The number of carbonyl (C=O) groups excluding carboxylic acids is 1. The first-order valence-electron chi connectivity index (χ1n) is 4.53. The summed E-state index contributed by atoms with van der Waals surface area (Å²) < 4.78 is 6.04. The monoisotopic (exact) mass is 235 g/mol. The van der Waals surface area contributed by atoms with Crippen molar-refractivity contribution in [3.63, 3.8) is 0 Å². The van der Waals surface area contributed by atoms with Gasteiger partial charge in [0.25, 0.3) is 5.88 Å². The number of nitrogens with two attached hydrogens (primary N) is 2. The molecule has 0 saturated carbocycles. The minimum absolute atomic E-state index is 0.0940. The third-order valence-corrected chi connectivity index (χ3v) is 1.89. The average Bonchev–Trinajstić information content (AvgIpc) is 2.61. The van der Waals surface area contributed by atoms with Crippen molar-refractivity contribution < 1.29 is 9.53 Å². The summed E-state index contributed by atoms with van der Waals surface area (Å²) >= 11 is 0. The van der Waals surface area contributed by atoms with Crippen LogP contribution in [0.15, 0.2) is 12.4 Å². The summed E-state index contributed by atoms with van der Waals surface area (Å²) in [6.45, 7) is 0. The lowest BCUT2D eigenvalue weighted by Crippen LogP contribution is -2.18. The van der Waals surface area contributed by atoms with Crippen LogP contribution in [0.4, 0.5) is 10.6 Å². The first-order chi connectivity index (χ1) is 8.08. The minimum Gasteiger partial charge on any atom is -0.389 e. The van der Waals surface area contributed by atoms with Crippen LogP contribution in [-0.2, 0) is 7.05 Å². The number of hydrogen-bond acceptors (Lipinski definition) is 7. The third-order valence-electron chi connectivity index (χ3n) is 1.89. The smallest absolute Gasteiger partial charge is 0.389 e. The van der Waals surface area contributed by atoms with Crippen LogP contribution in [0.2, 0.25) is 0 Å². The summed E-state index contributed by atoms with van der Waals surface area (Å²) in [5.74, 6) is 0.367. The first-order valence-corrected chi connectivity index (χ1v) is 4.53. The topological polar surface area (TPSA) is 135 Å². The van der Waals surface area contributed by atoms with Crippen molar-refractivity contribution in [2.24, 2.45) is 12.8 Å². The number of nitrogens with zero attached hydrogens (tertiary/aromatic N) is 5. The normalized spacial score (nSPS) is 10.2. The van der Waals surface area contributed by atoms with Gasteiger partial charge in [-0.25, -0.2) is 19.4 Å². The van der Waals surface area contributed by atoms with E-state index < -0.39 is 6.09 Å². The largest absolute Gasteiger partial charge is 0.411 e. The molecule has 2 aromatic rings. The summed E-state index contributed by atoms with van der Waals surface area (Å²) in [5, 5.41) is 7.51. The second-order valence-electron chi connectivity index (χ2n) is 3.11. The molecule has 1 amide bonds. The van der Waals surface area contributed by atoms with Gasteiger partial charge in [0, 0.05) is 7.05 Å². The second-order valence-corrected chi connectivity index (χ2v) is 3.11. The van der Waals surface area contributed by atoms with Gasteiger partial charge in [-0.3, -0.25) is 0 Å². The summed E-state index contributed by atoms with van der Waals surface area (Å²) in [5.41, 5.74) is 11.0. The van der Waals surface area contributed by atoms with Crippen LogP contribution in [0, 0.1) is 0 Å². The van der Waals surface area contributed by atoms with Crippen molar-refractivity contribution in [2.75, 3.05) is 5.73 Å². The molecule has 0 unspecified atom stereocenters. The molecule has 2 heterocycles. The van der Waals surface area contributed by atoms with E-state index in [1.54, 1.807) is 7.05 Å². The van der Waals surface area contributed by atoms with Crippen molar-refractivity contribution in [3.05, 3.63) is 12.4 Å². The van der Waals surface area contributed by atoms with E-state index in [9.17, 15) is 4.79 Å². The van der Waals surface area contributed by atoms with E-state index in [4.69, 9.17) is 16.2 Å². The Kier molecular flexibility index (Phi) is 2.57. The summed E-state index contributed by atoms with van der Waals surface area (Å²) in [6, 6.07) is 0. The van der Waals surface area contributed by atoms with E-state index in [1.165, 1.54) is 17.1 Å². The van der Waals surface area contributed by atoms with Crippen molar-refractivity contribution >= 4 is 11.9 Å². The molecule has 0 saturated heterocycles. The SMILES string of the molecule is Cn1nnc(-c2cnc(N)cn2)c1OC(N)=O. The molecule has 0 bridgehead atoms. The Morgan fingerprint density at radius 3 is 2.76 bits per heavy atom. The maximum absolute atomic E-state index is 10.7. The van der Waals surface area contributed by atoms with Gasteiger partial charge in [0.1, 0.15) is 11.5 Å². The van der Waals surface area contributed by atoms with Gasteiger partial charge >= 0.3 is 6.09 Å². The Morgan fingerprint density at radius 1 is 1.41 bits per heavy atom. The fraction of sp³-hybridized carbons (Fsp3) is 0.125. The first kappa shape index (κ1) is 10.8. The number of anilines is 1. The van der Waals surface area contributed by atoms with Crippen LogP contribution in [-0.4, -0.2) is 31.1 Å². The summed E-state index contributed by atoms with van der Waals surface area (Å²) in [6.07, 6.45) is 1.80. The van der Waals surface area contributed by atoms with Crippen molar-refractivity contribution in [3.8, 4) is 17.3 Å². The zero-order valence-corrected chi connectivity index (χ0v) is 8.86. The number of primary amides is 1. The standard InChI is InChI=1S/C8H9N7O2/c1-15-7(17-8(10)16)6(13-14-15)4-2-12-5(9)3-11-4/h2-3H,1H3,(H2,9,12)(H2,10,16). The molecular formula is C8H9N7O2. The number of amides is 1. The van der Waals surface area contributed by atoms with E-state index >= 15 is 0 Å². The van der Waals surface area contributed by atoms with Gasteiger partial charge in [-0.05, 0) is 0 Å². The molecule has 0 aliphatic heterocycles. The zero-order valence-electron chi connectivity index (χ0n) is 8.86. The lowest BCUT2D eigenvalue weighted by atomic mass is 10.3. The molecule has 0 atom stereocenters. The number of nitrogen functional groups attached to an aromatic ring is 1. The molecule has 9 heteroatoms. The minimum atomic E-state index is -0.958. The molecule has 0 aliphatic carbocycles. The second kappa shape index (κ2) is 4.04. The van der Waals surface area contributed by atoms with Crippen molar-refractivity contribution in [2.45, 2.75) is 0 Å². The lowest BCUT2D eigenvalue weighted by Gasteiger charge is -2.02. The Bertz CT molecular complexity index is 548.